The molecule has 0 heterocycles. The van der Waals surface area contributed by atoms with Crippen LogP contribution in [-0.4, -0.2) is 51.1 Å². The maximum absolute atomic E-state index is 7.99. The van der Waals surface area contributed by atoms with Gasteiger partial charge in [0.2, 0.25) is 0 Å². The molecule has 1 aliphatic carbocycles. The first-order chi connectivity index (χ1) is 8.65. The zero-order valence-electron chi connectivity index (χ0n) is 15.8. The Morgan fingerprint density at radius 1 is 1.11 bits per heavy atom. The van der Waals surface area contributed by atoms with E-state index in [1.165, 1.54) is 0 Å². The predicted molar refractivity (Wildman–Crippen MR) is 82.7 cm³/mol. The largest absolute Gasteiger partial charge is 1.00 e. The van der Waals surface area contributed by atoms with Gasteiger partial charge in [0.05, 0.1) is 0 Å². The molecule has 4 atom stereocenters. The van der Waals surface area contributed by atoms with E-state index in [9.17, 15) is 0 Å². The van der Waals surface area contributed by atoms with Gasteiger partial charge in [-0.25, -0.2) is 0 Å². The molecule has 0 spiro atoms. The molecule has 0 amide bonds. The zero-order chi connectivity index (χ0) is 15.2. The molecular weight excluding hydrogens is 259 g/mol. The third kappa shape index (κ3) is 11.8. The van der Waals surface area contributed by atoms with E-state index in [0.717, 1.165) is 19.0 Å². The standard InChI is InChI=1S/C12H25N2.C4H10.K/c1-10-6-7-11(8-13(2)3)12(10)9-14(4)5;1-4(2)3;/h7,10-12H,6,8-9H2,1-5H3;4H,1-3H3;/q-1;;+1/i6D;;. The van der Waals surface area contributed by atoms with Crippen LogP contribution in [0.3, 0.4) is 0 Å². The molecule has 0 aromatic carbocycles. The van der Waals surface area contributed by atoms with Crippen molar-refractivity contribution in [1.82, 2.24) is 9.80 Å². The fourth-order valence-electron chi connectivity index (χ4n) is 2.33. The van der Waals surface area contributed by atoms with Crippen molar-refractivity contribution in [2.24, 2.45) is 23.7 Å². The Bertz CT molecular complexity index is 230. The summed E-state index contributed by atoms with van der Waals surface area (Å²) in [6.07, 6.45) is 2.26. The van der Waals surface area contributed by atoms with Gasteiger partial charge in [0.25, 0.3) is 0 Å². The van der Waals surface area contributed by atoms with Gasteiger partial charge in [0, 0.05) is 0 Å². The van der Waals surface area contributed by atoms with Crippen LogP contribution in [0.15, 0.2) is 0 Å². The molecule has 0 radical (unpaired) electrons. The zero-order valence-corrected chi connectivity index (χ0v) is 17.9. The first kappa shape index (κ1) is 20.6. The van der Waals surface area contributed by atoms with Gasteiger partial charge < -0.3 is 16.2 Å². The van der Waals surface area contributed by atoms with E-state index in [-0.39, 0.29) is 57.8 Å². The van der Waals surface area contributed by atoms with Crippen molar-refractivity contribution in [2.45, 2.75) is 34.1 Å². The van der Waals surface area contributed by atoms with Crippen LogP contribution in [0.25, 0.3) is 0 Å². The van der Waals surface area contributed by atoms with Crippen molar-refractivity contribution < 1.29 is 52.8 Å². The van der Waals surface area contributed by atoms with Gasteiger partial charge in [-0.2, -0.15) is 6.40 Å². The summed E-state index contributed by atoms with van der Waals surface area (Å²) < 4.78 is 7.99. The Morgan fingerprint density at radius 2 is 1.53 bits per heavy atom. The SMILES string of the molecule is CC(C)C.[2H]C1[CH-]C(CN(C)C)C(CN(C)C)C1C.[K+]. The Kier molecular flexibility index (Phi) is 13.1. The Labute approximate surface area is 166 Å². The van der Waals surface area contributed by atoms with Crippen LogP contribution < -0.4 is 51.4 Å². The van der Waals surface area contributed by atoms with Gasteiger partial charge in [0.1, 0.15) is 0 Å². The minimum absolute atomic E-state index is 0. The van der Waals surface area contributed by atoms with Gasteiger partial charge >= 0.3 is 51.4 Å². The van der Waals surface area contributed by atoms with Gasteiger partial charge in [-0.1, -0.05) is 39.5 Å². The molecule has 0 aromatic heterocycles. The van der Waals surface area contributed by atoms with Crippen LogP contribution in [-0.2, 0) is 0 Å². The van der Waals surface area contributed by atoms with E-state index in [2.05, 4.69) is 72.1 Å². The fraction of sp³-hybridized carbons (Fsp3) is 0.938. The number of hydrogen-bond acceptors (Lipinski definition) is 2. The number of hydrogen-bond donors (Lipinski definition) is 0. The maximum atomic E-state index is 7.99. The molecule has 1 aliphatic rings. The Morgan fingerprint density at radius 3 is 1.89 bits per heavy atom. The summed E-state index contributed by atoms with van der Waals surface area (Å²) in [6, 6.07) is 0. The van der Waals surface area contributed by atoms with E-state index in [1.54, 1.807) is 0 Å². The molecular formula is C16H35KN2. The average molecular weight is 296 g/mol. The first-order valence-electron chi connectivity index (χ1n) is 7.79. The van der Waals surface area contributed by atoms with Crippen LogP contribution in [0.2, 0.25) is 0 Å². The second-order valence-electron chi connectivity index (χ2n) is 6.83. The fourth-order valence-corrected chi connectivity index (χ4v) is 2.33. The number of nitrogens with zero attached hydrogens (tertiary/aromatic N) is 2. The van der Waals surface area contributed by atoms with Crippen LogP contribution >= 0.6 is 0 Å². The smallest absolute Gasteiger partial charge is 0.324 e. The minimum Gasteiger partial charge on any atom is -0.324 e. The molecule has 19 heavy (non-hydrogen) atoms. The van der Waals surface area contributed by atoms with Crippen molar-refractivity contribution >= 4 is 0 Å². The van der Waals surface area contributed by atoms with E-state index in [4.69, 9.17) is 1.37 Å². The van der Waals surface area contributed by atoms with Gasteiger partial charge in [-0.15, -0.1) is 5.92 Å². The van der Waals surface area contributed by atoms with Crippen molar-refractivity contribution in [1.29, 1.82) is 0 Å². The van der Waals surface area contributed by atoms with Crippen LogP contribution in [0.4, 0.5) is 0 Å². The van der Waals surface area contributed by atoms with Crippen LogP contribution in [0.5, 0.6) is 0 Å². The molecule has 4 unspecified atom stereocenters. The Hall–Kier alpha value is 1.56. The molecule has 1 fully saturated rings. The van der Waals surface area contributed by atoms with Crippen molar-refractivity contribution in [2.75, 3.05) is 41.3 Å². The molecule has 0 saturated heterocycles. The number of rotatable bonds is 4. The average Bonchev–Trinajstić information content (AvgIpc) is 2.43. The quantitative estimate of drug-likeness (QED) is 0.542. The Balaban J connectivity index is 0. The topological polar surface area (TPSA) is 6.48 Å². The monoisotopic (exact) mass is 295 g/mol. The normalized spacial score (nSPS) is 31.0. The molecule has 1 rings (SSSR count). The van der Waals surface area contributed by atoms with E-state index < -0.39 is 0 Å². The van der Waals surface area contributed by atoms with Gasteiger partial charge in [-0.3, -0.25) is 0 Å². The summed E-state index contributed by atoms with van der Waals surface area (Å²) in [5.41, 5.74) is 0. The summed E-state index contributed by atoms with van der Waals surface area (Å²) in [5, 5.41) is 0. The van der Waals surface area contributed by atoms with Crippen molar-refractivity contribution in [3.8, 4) is 0 Å². The summed E-state index contributed by atoms with van der Waals surface area (Å²) >= 11 is 0. The molecule has 0 N–H and O–H groups in total. The van der Waals surface area contributed by atoms with Gasteiger partial charge in [-0.05, 0) is 48.6 Å². The van der Waals surface area contributed by atoms with Crippen molar-refractivity contribution in [3.05, 3.63) is 6.42 Å². The molecule has 110 valence electrons. The minimum atomic E-state index is 0. The molecule has 0 bridgehead atoms. The summed E-state index contributed by atoms with van der Waals surface area (Å²) in [4.78, 5) is 4.48. The summed E-state index contributed by atoms with van der Waals surface area (Å²) in [5.74, 6) is 2.56. The maximum Gasteiger partial charge on any atom is 1.00 e. The van der Waals surface area contributed by atoms with E-state index >= 15 is 0 Å². The predicted octanol–water partition coefficient (Wildman–Crippen LogP) is 0.252. The van der Waals surface area contributed by atoms with Crippen LogP contribution in [0, 0.1) is 30.1 Å². The van der Waals surface area contributed by atoms with Crippen molar-refractivity contribution in [3.63, 3.8) is 0 Å². The van der Waals surface area contributed by atoms with Gasteiger partial charge in [0.15, 0.2) is 0 Å². The van der Waals surface area contributed by atoms with E-state index in [1.807, 2.05) is 0 Å². The molecule has 1 saturated carbocycles. The molecule has 2 nitrogen and oxygen atoms in total. The van der Waals surface area contributed by atoms with E-state index in [0.29, 0.717) is 17.8 Å². The molecule has 0 aromatic rings. The third-order valence-corrected chi connectivity index (χ3v) is 3.04. The summed E-state index contributed by atoms with van der Waals surface area (Å²) in [6.45, 7) is 10.9. The first-order valence-corrected chi connectivity index (χ1v) is 7.21. The second kappa shape index (κ2) is 12.1. The summed E-state index contributed by atoms with van der Waals surface area (Å²) in [7, 11) is 8.47. The molecule has 0 aliphatic heterocycles. The molecule has 3 heteroatoms. The van der Waals surface area contributed by atoms with Crippen LogP contribution in [0.1, 0.15) is 35.5 Å². The third-order valence-electron chi connectivity index (χ3n) is 3.04. The second-order valence-corrected chi connectivity index (χ2v) is 6.83.